The van der Waals surface area contributed by atoms with E-state index >= 15 is 0 Å². The Morgan fingerprint density at radius 1 is 1.15 bits per heavy atom. The highest BCUT2D eigenvalue weighted by atomic mass is 16.5. The predicted octanol–water partition coefficient (Wildman–Crippen LogP) is 2.67. The van der Waals surface area contributed by atoms with Gasteiger partial charge in [0.05, 0.1) is 24.6 Å². The van der Waals surface area contributed by atoms with Crippen molar-refractivity contribution < 1.29 is 19.1 Å². The van der Waals surface area contributed by atoms with Crippen LogP contribution >= 0.6 is 0 Å². The normalized spacial score (nSPS) is 15.7. The van der Waals surface area contributed by atoms with Crippen molar-refractivity contribution in [1.82, 2.24) is 19.7 Å². The van der Waals surface area contributed by atoms with Gasteiger partial charge in [0.25, 0.3) is 5.91 Å². The van der Waals surface area contributed by atoms with E-state index in [0.717, 1.165) is 18.6 Å². The van der Waals surface area contributed by atoms with Crippen molar-refractivity contribution in [1.29, 1.82) is 0 Å². The topological polar surface area (TPSA) is 98.6 Å². The molecule has 2 amide bonds. The molecule has 0 aliphatic carbocycles. The monoisotopic (exact) mass is 449 g/mol. The second-order valence-corrected chi connectivity index (χ2v) is 7.99. The van der Waals surface area contributed by atoms with E-state index in [4.69, 9.17) is 9.47 Å². The van der Waals surface area contributed by atoms with Gasteiger partial charge in [-0.05, 0) is 44.0 Å². The Morgan fingerprint density at radius 3 is 2.79 bits per heavy atom. The lowest BCUT2D eigenvalue weighted by molar-refractivity contribution is -0.134. The third kappa shape index (κ3) is 6.55. The number of aryl methyl sites for hydroxylation is 1. The van der Waals surface area contributed by atoms with Crippen LogP contribution in [0.25, 0.3) is 0 Å². The molecule has 0 radical (unpaired) electrons. The summed E-state index contributed by atoms with van der Waals surface area (Å²) in [5.41, 5.74) is 1.68. The van der Waals surface area contributed by atoms with E-state index in [2.05, 4.69) is 15.4 Å². The number of benzene rings is 1. The number of amides is 2. The first-order valence-corrected chi connectivity index (χ1v) is 10.9. The van der Waals surface area contributed by atoms with Gasteiger partial charge in [0.2, 0.25) is 5.91 Å². The largest absolute Gasteiger partial charge is 0.489 e. The highest BCUT2D eigenvalue weighted by Gasteiger charge is 2.25. The lowest BCUT2D eigenvalue weighted by Gasteiger charge is -2.33. The molecule has 1 saturated heterocycles. The van der Waals surface area contributed by atoms with Gasteiger partial charge in [-0.3, -0.25) is 19.3 Å². The third-order valence-corrected chi connectivity index (χ3v) is 5.27. The molecule has 1 atom stereocenters. The molecule has 0 unspecified atom stereocenters. The van der Waals surface area contributed by atoms with Crippen LogP contribution in [-0.4, -0.2) is 57.3 Å². The lowest BCUT2D eigenvalue weighted by atomic mass is 10.1. The first-order chi connectivity index (χ1) is 16.0. The van der Waals surface area contributed by atoms with Crippen molar-refractivity contribution in [2.75, 3.05) is 25.0 Å². The Hall–Kier alpha value is -3.88. The molecule has 9 heteroatoms. The van der Waals surface area contributed by atoms with Crippen LogP contribution in [0.3, 0.4) is 0 Å². The molecule has 1 N–H and O–H groups in total. The van der Waals surface area contributed by atoms with E-state index in [0.29, 0.717) is 24.5 Å². The van der Waals surface area contributed by atoms with Gasteiger partial charge in [-0.15, -0.1) is 0 Å². The zero-order chi connectivity index (χ0) is 23.0. The fraction of sp³-hybridized carbons (Fsp3) is 0.333. The molecular weight excluding hydrogens is 422 g/mol. The van der Waals surface area contributed by atoms with Gasteiger partial charge in [0.1, 0.15) is 24.1 Å². The number of nitrogens with one attached hydrogen (secondary N) is 1. The number of rotatable bonds is 8. The molecule has 4 rings (SSSR count). The van der Waals surface area contributed by atoms with Crippen molar-refractivity contribution in [2.24, 2.45) is 0 Å². The molecule has 33 heavy (non-hydrogen) atoms. The number of likely N-dealkylation sites (tertiary alicyclic amines) is 1. The molecular formula is C24H27N5O4. The Balaban J connectivity index is 1.24. The van der Waals surface area contributed by atoms with Crippen LogP contribution < -0.4 is 14.8 Å². The van der Waals surface area contributed by atoms with Gasteiger partial charge in [0.15, 0.2) is 6.61 Å². The summed E-state index contributed by atoms with van der Waals surface area (Å²) >= 11 is 0. The number of aromatic nitrogens is 3. The van der Waals surface area contributed by atoms with Crippen LogP contribution in [0.1, 0.15) is 18.4 Å². The van der Waals surface area contributed by atoms with E-state index in [1.807, 2.05) is 36.1 Å². The van der Waals surface area contributed by atoms with Crippen LogP contribution in [0.5, 0.6) is 11.5 Å². The number of nitrogens with zero attached hydrogens (tertiary/aromatic N) is 4. The second-order valence-electron chi connectivity index (χ2n) is 7.99. The van der Waals surface area contributed by atoms with E-state index in [-0.39, 0.29) is 31.1 Å². The molecule has 0 bridgehead atoms. The van der Waals surface area contributed by atoms with Crippen molar-refractivity contribution in [3.05, 3.63) is 66.7 Å². The van der Waals surface area contributed by atoms with Crippen LogP contribution in [0.4, 0.5) is 5.69 Å². The maximum Gasteiger partial charge on any atom is 0.262 e. The van der Waals surface area contributed by atoms with Crippen molar-refractivity contribution in [3.8, 4) is 11.5 Å². The zero-order valence-corrected chi connectivity index (χ0v) is 18.5. The first-order valence-electron chi connectivity index (χ1n) is 10.9. The summed E-state index contributed by atoms with van der Waals surface area (Å²) in [4.78, 5) is 30.6. The lowest BCUT2D eigenvalue weighted by Crippen LogP contribution is -2.45. The minimum absolute atomic E-state index is 0.0299. The molecule has 1 aliphatic rings. The van der Waals surface area contributed by atoms with E-state index in [1.165, 1.54) is 22.6 Å². The second kappa shape index (κ2) is 10.6. The third-order valence-electron chi connectivity index (χ3n) is 5.27. The number of anilines is 1. The summed E-state index contributed by atoms with van der Waals surface area (Å²) in [7, 11) is 0. The Bertz CT molecular complexity index is 1070. The standard InChI is InChI=1S/C24H27N5O4/c1-18-6-8-20(9-7-18)33-22-5-3-11-28(15-22)24(31)16-29-14-19(12-26-29)27-23(30)17-32-21-4-2-10-25-13-21/h2,4,6-10,12-14,22H,3,5,11,15-17H2,1H3,(H,27,30)/t22-/m0/s1. The van der Waals surface area contributed by atoms with E-state index in [9.17, 15) is 9.59 Å². The quantitative estimate of drug-likeness (QED) is 0.568. The van der Waals surface area contributed by atoms with Crippen LogP contribution in [0, 0.1) is 6.92 Å². The van der Waals surface area contributed by atoms with Crippen molar-refractivity contribution >= 4 is 17.5 Å². The van der Waals surface area contributed by atoms with Gasteiger partial charge >= 0.3 is 0 Å². The summed E-state index contributed by atoms with van der Waals surface area (Å²) in [5, 5.41) is 6.90. The highest BCUT2D eigenvalue weighted by Crippen LogP contribution is 2.19. The molecule has 1 aliphatic heterocycles. The average molecular weight is 450 g/mol. The fourth-order valence-corrected chi connectivity index (χ4v) is 3.60. The molecule has 9 nitrogen and oxygen atoms in total. The molecule has 172 valence electrons. The average Bonchev–Trinajstić information content (AvgIpc) is 3.26. The minimum Gasteiger partial charge on any atom is -0.489 e. The molecule has 3 heterocycles. The summed E-state index contributed by atoms with van der Waals surface area (Å²) in [6.45, 7) is 3.23. The van der Waals surface area contributed by atoms with Crippen molar-refractivity contribution in [3.63, 3.8) is 0 Å². The summed E-state index contributed by atoms with van der Waals surface area (Å²) < 4.78 is 13.0. The van der Waals surface area contributed by atoms with E-state index < -0.39 is 0 Å². The number of hydrogen-bond acceptors (Lipinski definition) is 6. The summed E-state index contributed by atoms with van der Waals surface area (Å²) in [6.07, 6.45) is 8.07. The summed E-state index contributed by atoms with van der Waals surface area (Å²) in [5.74, 6) is 0.977. The van der Waals surface area contributed by atoms with Crippen LogP contribution in [0.2, 0.25) is 0 Å². The van der Waals surface area contributed by atoms with Gasteiger partial charge in [-0.2, -0.15) is 5.10 Å². The maximum absolute atomic E-state index is 12.8. The molecule has 0 saturated carbocycles. The van der Waals surface area contributed by atoms with E-state index in [1.54, 1.807) is 24.5 Å². The van der Waals surface area contributed by atoms with Gasteiger partial charge in [-0.25, -0.2) is 0 Å². The molecule has 0 spiro atoms. The first kappa shape index (κ1) is 22.3. The number of ether oxygens (including phenoxy) is 2. The predicted molar refractivity (Wildman–Crippen MR) is 122 cm³/mol. The Labute approximate surface area is 192 Å². The van der Waals surface area contributed by atoms with Gasteiger partial charge in [-0.1, -0.05) is 17.7 Å². The van der Waals surface area contributed by atoms with Crippen molar-refractivity contribution in [2.45, 2.75) is 32.4 Å². The highest BCUT2D eigenvalue weighted by molar-refractivity contribution is 5.91. The molecule has 2 aromatic heterocycles. The Kier molecular flexibility index (Phi) is 7.19. The maximum atomic E-state index is 12.8. The van der Waals surface area contributed by atoms with Crippen LogP contribution in [0.15, 0.2) is 61.2 Å². The van der Waals surface area contributed by atoms with Gasteiger partial charge in [0, 0.05) is 18.9 Å². The number of carbonyl (C=O) groups is 2. The number of piperidine rings is 1. The number of carbonyl (C=O) groups excluding carboxylic acids is 2. The number of hydrogen-bond donors (Lipinski definition) is 1. The fourth-order valence-electron chi connectivity index (χ4n) is 3.60. The van der Waals surface area contributed by atoms with Crippen LogP contribution in [-0.2, 0) is 16.1 Å². The van der Waals surface area contributed by atoms with Gasteiger partial charge < -0.3 is 19.7 Å². The summed E-state index contributed by atoms with van der Waals surface area (Å²) in [6, 6.07) is 11.4. The zero-order valence-electron chi connectivity index (χ0n) is 18.5. The smallest absolute Gasteiger partial charge is 0.262 e. The molecule has 3 aromatic rings. The minimum atomic E-state index is -0.322. The SMILES string of the molecule is Cc1ccc(O[C@H]2CCCN(C(=O)Cn3cc(NC(=O)COc4cccnc4)cn3)C2)cc1. The number of pyridine rings is 1. The Morgan fingerprint density at radius 2 is 2.00 bits per heavy atom. The molecule has 1 fully saturated rings. The molecule has 1 aromatic carbocycles.